The number of halogens is 6. The zero-order valence-electron chi connectivity index (χ0n) is 12.2. The molecule has 1 atom stereocenters. The van der Waals surface area contributed by atoms with Crippen molar-refractivity contribution >= 4 is 40.9 Å². The molecule has 0 aliphatic carbocycles. The first-order valence-electron chi connectivity index (χ1n) is 6.90. The van der Waals surface area contributed by atoms with Gasteiger partial charge in [0.15, 0.2) is 0 Å². The molecule has 2 N–H and O–H groups in total. The van der Waals surface area contributed by atoms with Gasteiger partial charge in [0.2, 0.25) is 0 Å². The SMILES string of the molecule is NCc1ccc(C=CC(c2cc(Cl)c(Cl)c(Cl)c2)C(F)(F)F)cc1. The number of benzene rings is 2. The van der Waals surface area contributed by atoms with Crippen LogP contribution >= 0.6 is 34.8 Å². The van der Waals surface area contributed by atoms with Crippen molar-refractivity contribution in [3.05, 3.63) is 74.2 Å². The number of allylic oxidation sites excluding steroid dienone is 1. The van der Waals surface area contributed by atoms with Gasteiger partial charge in [-0.25, -0.2) is 0 Å². The second kappa shape index (κ2) is 7.79. The van der Waals surface area contributed by atoms with E-state index >= 15 is 0 Å². The number of hydrogen-bond donors (Lipinski definition) is 1. The van der Waals surface area contributed by atoms with Gasteiger partial charge in [-0.2, -0.15) is 13.2 Å². The molecule has 24 heavy (non-hydrogen) atoms. The predicted molar refractivity (Wildman–Crippen MR) is 93.6 cm³/mol. The highest BCUT2D eigenvalue weighted by atomic mass is 35.5. The lowest BCUT2D eigenvalue weighted by Crippen LogP contribution is -2.19. The molecule has 0 aliphatic heterocycles. The normalized spacial score (nSPS) is 13.5. The van der Waals surface area contributed by atoms with Crippen molar-refractivity contribution in [1.82, 2.24) is 0 Å². The minimum atomic E-state index is -4.49. The number of alkyl halides is 3. The van der Waals surface area contributed by atoms with Crippen LogP contribution in [0.15, 0.2) is 42.5 Å². The number of rotatable bonds is 4. The summed E-state index contributed by atoms with van der Waals surface area (Å²) in [6, 6.07) is 9.28. The second-order valence-corrected chi connectivity index (χ2v) is 6.32. The fourth-order valence-corrected chi connectivity index (χ4v) is 2.75. The van der Waals surface area contributed by atoms with Crippen LogP contribution in [0, 0.1) is 0 Å². The lowest BCUT2D eigenvalue weighted by Gasteiger charge is -2.18. The van der Waals surface area contributed by atoms with E-state index in [1.54, 1.807) is 24.3 Å². The van der Waals surface area contributed by atoms with E-state index in [1.807, 2.05) is 0 Å². The summed E-state index contributed by atoms with van der Waals surface area (Å²) in [4.78, 5) is 0. The Hall–Kier alpha value is -1.20. The van der Waals surface area contributed by atoms with Gasteiger partial charge in [-0.3, -0.25) is 0 Å². The highest BCUT2D eigenvalue weighted by Crippen LogP contribution is 2.41. The van der Waals surface area contributed by atoms with E-state index in [-0.39, 0.29) is 20.6 Å². The van der Waals surface area contributed by atoms with Gasteiger partial charge in [-0.1, -0.05) is 71.2 Å². The first-order valence-corrected chi connectivity index (χ1v) is 8.04. The van der Waals surface area contributed by atoms with Crippen molar-refractivity contribution in [2.24, 2.45) is 5.73 Å². The van der Waals surface area contributed by atoms with Crippen molar-refractivity contribution in [1.29, 1.82) is 0 Å². The van der Waals surface area contributed by atoms with E-state index in [9.17, 15) is 13.2 Å². The van der Waals surface area contributed by atoms with Crippen LogP contribution in [0.25, 0.3) is 6.08 Å². The summed E-state index contributed by atoms with van der Waals surface area (Å²) in [6.45, 7) is 0.372. The van der Waals surface area contributed by atoms with Crippen LogP contribution < -0.4 is 5.73 Å². The van der Waals surface area contributed by atoms with Gasteiger partial charge in [0.25, 0.3) is 0 Å². The molecule has 128 valence electrons. The molecule has 2 aromatic carbocycles. The summed E-state index contributed by atoms with van der Waals surface area (Å²) < 4.78 is 40.2. The van der Waals surface area contributed by atoms with Gasteiger partial charge < -0.3 is 5.73 Å². The lowest BCUT2D eigenvalue weighted by atomic mass is 9.97. The number of nitrogens with two attached hydrogens (primary N) is 1. The molecule has 1 unspecified atom stereocenters. The summed E-state index contributed by atoms with van der Waals surface area (Å²) >= 11 is 17.5. The van der Waals surface area contributed by atoms with Crippen molar-refractivity contribution < 1.29 is 13.2 Å². The van der Waals surface area contributed by atoms with Crippen molar-refractivity contribution in [2.45, 2.75) is 18.6 Å². The fourth-order valence-electron chi connectivity index (χ4n) is 2.14. The largest absolute Gasteiger partial charge is 0.399 e. The van der Waals surface area contributed by atoms with Gasteiger partial charge in [-0.15, -0.1) is 0 Å². The third kappa shape index (κ3) is 4.67. The first kappa shape index (κ1) is 19.1. The smallest absolute Gasteiger partial charge is 0.326 e. The Balaban J connectivity index is 2.37. The Morgan fingerprint density at radius 1 is 1.00 bits per heavy atom. The molecule has 1 nitrogen and oxygen atoms in total. The molecule has 0 bridgehead atoms. The van der Waals surface area contributed by atoms with E-state index in [4.69, 9.17) is 40.5 Å². The zero-order chi connectivity index (χ0) is 17.9. The van der Waals surface area contributed by atoms with Gasteiger partial charge in [0.05, 0.1) is 21.0 Å². The first-order chi connectivity index (χ1) is 11.2. The third-order valence-corrected chi connectivity index (χ3v) is 4.61. The van der Waals surface area contributed by atoms with Crippen LogP contribution in [0.3, 0.4) is 0 Å². The highest BCUT2D eigenvalue weighted by molar-refractivity contribution is 6.48. The van der Waals surface area contributed by atoms with Crippen LogP contribution in [0.1, 0.15) is 22.6 Å². The molecule has 0 saturated heterocycles. The Morgan fingerprint density at radius 2 is 1.54 bits per heavy atom. The van der Waals surface area contributed by atoms with E-state index in [0.717, 1.165) is 11.6 Å². The maximum atomic E-state index is 13.4. The van der Waals surface area contributed by atoms with Crippen LogP contribution in [0.4, 0.5) is 13.2 Å². The maximum absolute atomic E-state index is 13.4. The molecule has 2 rings (SSSR count). The van der Waals surface area contributed by atoms with Crippen LogP contribution in [0.5, 0.6) is 0 Å². The van der Waals surface area contributed by atoms with Crippen LogP contribution in [-0.2, 0) is 6.54 Å². The minimum absolute atomic E-state index is 0.0193. The molecule has 0 amide bonds. The van der Waals surface area contributed by atoms with E-state index in [0.29, 0.717) is 12.1 Å². The average Bonchev–Trinajstić information content (AvgIpc) is 2.52. The van der Waals surface area contributed by atoms with E-state index < -0.39 is 12.1 Å². The quantitative estimate of drug-likeness (QED) is 0.591. The molecule has 0 spiro atoms. The summed E-state index contributed by atoms with van der Waals surface area (Å²) in [6.07, 6.45) is -2.03. The Labute approximate surface area is 152 Å². The van der Waals surface area contributed by atoms with Gasteiger partial charge >= 0.3 is 6.18 Å². The summed E-state index contributed by atoms with van der Waals surface area (Å²) in [5.74, 6) is -1.85. The molecular weight excluding hydrogens is 382 g/mol. The molecule has 0 aromatic heterocycles. The maximum Gasteiger partial charge on any atom is 0.399 e. The molecule has 7 heteroatoms. The van der Waals surface area contributed by atoms with Crippen LogP contribution in [-0.4, -0.2) is 6.18 Å². The highest BCUT2D eigenvalue weighted by Gasteiger charge is 2.39. The fraction of sp³-hybridized carbons (Fsp3) is 0.176. The van der Waals surface area contributed by atoms with Gasteiger partial charge in [-0.05, 0) is 28.8 Å². The predicted octanol–water partition coefficient (Wildman–Crippen LogP) is 6.46. The zero-order valence-corrected chi connectivity index (χ0v) is 14.5. The van der Waals surface area contributed by atoms with E-state index in [1.165, 1.54) is 18.2 Å². The average molecular weight is 395 g/mol. The molecule has 0 aliphatic rings. The van der Waals surface area contributed by atoms with E-state index in [2.05, 4.69) is 0 Å². The third-order valence-electron chi connectivity index (χ3n) is 3.41. The van der Waals surface area contributed by atoms with Crippen LogP contribution in [0.2, 0.25) is 15.1 Å². The molecule has 0 saturated carbocycles. The monoisotopic (exact) mass is 393 g/mol. The van der Waals surface area contributed by atoms with Gasteiger partial charge in [0, 0.05) is 6.54 Å². The standard InChI is InChI=1S/C17H13Cl3F3N/c18-14-7-12(8-15(19)16(14)20)13(17(21,22)23)6-5-10-1-3-11(9-24)4-2-10/h1-8,13H,9,24H2. The van der Waals surface area contributed by atoms with Crippen molar-refractivity contribution in [3.8, 4) is 0 Å². The second-order valence-electron chi connectivity index (χ2n) is 5.12. The Morgan fingerprint density at radius 3 is 2.00 bits per heavy atom. The van der Waals surface area contributed by atoms with Crippen molar-refractivity contribution in [3.63, 3.8) is 0 Å². The number of hydrogen-bond acceptors (Lipinski definition) is 1. The summed E-state index contributed by atoms with van der Waals surface area (Å²) in [5, 5.41) is -0.00686. The van der Waals surface area contributed by atoms with Gasteiger partial charge in [0.1, 0.15) is 0 Å². The van der Waals surface area contributed by atoms with Crippen molar-refractivity contribution in [2.75, 3.05) is 0 Å². The molecule has 0 fully saturated rings. The topological polar surface area (TPSA) is 26.0 Å². The minimum Gasteiger partial charge on any atom is -0.326 e. The molecule has 0 radical (unpaired) electrons. The molecular formula is C17H13Cl3F3N. The Kier molecular flexibility index (Phi) is 6.21. The molecule has 0 heterocycles. The summed E-state index contributed by atoms with van der Waals surface area (Å²) in [5.41, 5.74) is 6.95. The lowest BCUT2D eigenvalue weighted by molar-refractivity contribution is -0.139. The molecule has 2 aromatic rings. The summed E-state index contributed by atoms with van der Waals surface area (Å²) in [7, 11) is 0. The Bertz CT molecular complexity index is 717.